The number of benzene rings is 1. The lowest BCUT2D eigenvalue weighted by molar-refractivity contribution is -0.133. The van der Waals surface area contributed by atoms with Crippen molar-refractivity contribution in [2.24, 2.45) is 5.92 Å². The van der Waals surface area contributed by atoms with Crippen molar-refractivity contribution < 1.29 is 14.0 Å². The van der Waals surface area contributed by atoms with Gasteiger partial charge in [0.05, 0.1) is 0 Å². The second-order valence-electron chi connectivity index (χ2n) is 7.76. The molecule has 1 atom stereocenters. The van der Waals surface area contributed by atoms with Gasteiger partial charge in [-0.3, -0.25) is 14.6 Å². The third-order valence-electron chi connectivity index (χ3n) is 5.46. The summed E-state index contributed by atoms with van der Waals surface area (Å²) in [6, 6.07) is 8.21. The molecule has 0 aliphatic carbocycles. The van der Waals surface area contributed by atoms with E-state index in [4.69, 9.17) is 0 Å². The van der Waals surface area contributed by atoms with Crippen LogP contribution in [0.4, 0.5) is 10.1 Å². The van der Waals surface area contributed by atoms with Crippen LogP contribution in [0.3, 0.4) is 0 Å². The summed E-state index contributed by atoms with van der Waals surface area (Å²) < 4.78 is 13.2. The van der Waals surface area contributed by atoms with Gasteiger partial charge in [0.2, 0.25) is 11.8 Å². The molecule has 1 aromatic carbocycles. The molecular weight excluding hydrogens is 369 g/mol. The fraction of sp³-hybridized carbons (Fsp3) is 0.435. The summed E-state index contributed by atoms with van der Waals surface area (Å²) in [5, 5.41) is 2.86. The maximum absolute atomic E-state index is 13.2. The average Bonchev–Trinajstić information content (AvgIpc) is 2.73. The lowest BCUT2D eigenvalue weighted by Gasteiger charge is -2.33. The Kier molecular flexibility index (Phi) is 7.33. The first-order chi connectivity index (χ1) is 14.0. The molecule has 1 saturated heterocycles. The molecule has 154 valence electrons. The molecule has 5 nitrogen and oxygen atoms in total. The topological polar surface area (TPSA) is 62.3 Å². The van der Waals surface area contributed by atoms with Gasteiger partial charge in [-0.25, -0.2) is 4.39 Å². The number of carbonyl (C=O) groups is 2. The van der Waals surface area contributed by atoms with Crippen molar-refractivity contribution in [2.75, 3.05) is 18.4 Å². The van der Waals surface area contributed by atoms with Gasteiger partial charge in [-0.05, 0) is 73.9 Å². The van der Waals surface area contributed by atoms with Crippen LogP contribution < -0.4 is 5.32 Å². The monoisotopic (exact) mass is 397 g/mol. The minimum atomic E-state index is -0.309. The molecule has 0 unspecified atom stereocenters. The van der Waals surface area contributed by atoms with E-state index in [2.05, 4.69) is 10.3 Å². The number of anilines is 1. The molecule has 1 aliphatic heterocycles. The molecule has 0 spiro atoms. The van der Waals surface area contributed by atoms with E-state index in [1.54, 1.807) is 25.4 Å². The highest BCUT2D eigenvalue weighted by Crippen LogP contribution is 2.23. The number of hydrogen-bond donors (Lipinski definition) is 1. The number of piperidine rings is 1. The Morgan fingerprint density at radius 2 is 2.14 bits per heavy atom. The van der Waals surface area contributed by atoms with Gasteiger partial charge in [0.1, 0.15) is 5.82 Å². The Hall–Kier alpha value is -2.76. The number of aromatic nitrogens is 1. The van der Waals surface area contributed by atoms with Crippen LogP contribution in [0, 0.1) is 18.7 Å². The summed E-state index contributed by atoms with van der Waals surface area (Å²) in [6.07, 6.45) is 7.88. The van der Waals surface area contributed by atoms with E-state index in [0.717, 1.165) is 31.4 Å². The van der Waals surface area contributed by atoms with E-state index < -0.39 is 0 Å². The standard InChI is InChI=1S/C23H28FN3O2/c1-17-14-20(24)8-9-21(17)26-22(28)10-6-19-5-3-13-27(16-19)23(29)11-7-18-4-2-12-25-15-18/h2,4,8-9,12,14-15,19H,3,5-7,10-11,13,16H2,1H3,(H,26,28)/t19-/m1/s1. The molecule has 1 fully saturated rings. The number of aryl methyl sites for hydroxylation is 2. The minimum Gasteiger partial charge on any atom is -0.342 e. The van der Waals surface area contributed by atoms with Gasteiger partial charge in [0.15, 0.2) is 0 Å². The first-order valence-corrected chi connectivity index (χ1v) is 10.2. The van der Waals surface area contributed by atoms with Crippen LogP contribution in [0.25, 0.3) is 0 Å². The van der Waals surface area contributed by atoms with Gasteiger partial charge >= 0.3 is 0 Å². The van der Waals surface area contributed by atoms with Gasteiger partial charge in [0.25, 0.3) is 0 Å². The van der Waals surface area contributed by atoms with Crippen LogP contribution in [-0.2, 0) is 16.0 Å². The van der Waals surface area contributed by atoms with Gasteiger partial charge in [-0.1, -0.05) is 6.07 Å². The van der Waals surface area contributed by atoms with Crippen molar-refractivity contribution in [3.8, 4) is 0 Å². The average molecular weight is 397 g/mol. The zero-order chi connectivity index (χ0) is 20.6. The molecule has 1 aliphatic rings. The summed E-state index contributed by atoms with van der Waals surface area (Å²) >= 11 is 0. The second kappa shape index (κ2) is 10.1. The first kappa shape index (κ1) is 21.0. The fourth-order valence-corrected chi connectivity index (χ4v) is 3.80. The van der Waals surface area contributed by atoms with E-state index in [9.17, 15) is 14.0 Å². The molecule has 29 heavy (non-hydrogen) atoms. The van der Waals surface area contributed by atoms with Crippen LogP contribution in [0.1, 0.15) is 43.2 Å². The predicted molar refractivity (Wildman–Crippen MR) is 111 cm³/mol. The smallest absolute Gasteiger partial charge is 0.224 e. The number of nitrogens with one attached hydrogen (secondary N) is 1. The van der Waals surface area contributed by atoms with Crippen LogP contribution in [0.5, 0.6) is 0 Å². The van der Waals surface area contributed by atoms with Gasteiger partial charge in [-0.2, -0.15) is 0 Å². The molecule has 1 N–H and O–H groups in total. The summed E-state index contributed by atoms with van der Waals surface area (Å²) in [4.78, 5) is 30.9. The summed E-state index contributed by atoms with van der Waals surface area (Å²) in [6.45, 7) is 3.28. The van der Waals surface area contributed by atoms with Crippen LogP contribution in [0.2, 0.25) is 0 Å². The van der Waals surface area contributed by atoms with Crippen molar-refractivity contribution >= 4 is 17.5 Å². The molecule has 0 bridgehead atoms. The zero-order valence-electron chi connectivity index (χ0n) is 16.9. The number of carbonyl (C=O) groups excluding carboxylic acids is 2. The van der Waals surface area contributed by atoms with E-state index in [0.29, 0.717) is 43.0 Å². The number of likely N-dealkylation sites (tertiary alicyclic amines) is 1. The van der Waals surface area contributed by atoms with Crippen molar-refractivity contribution in [3.63, 3.8) is 0 Å². The highest BCUT2D eigenvalue weighted by Gasteiger charge is 2.24. The molecule has 2 aromatic rings. The Morgan fingerprint density at radius 1 is 1.28 bits per heavy atom. The summed E-state index contributed by atoms with van der Waals surface area (Å²) in [5.74, 6) is 0.131. The molecule has 3 rings (SSSR count). The first-order valence-electron chi connectivity index (χ1n) is 10.2. The predicted octanol–water partition coefficient (Wildman–Crippen LogP) is 4.12. The van der Waals surface area contributed by atoms with Crippen molar-refractivity contribution in [1.29, 1.82) is 0 Å². The Labute approximate surface area is 171 Å². The van der Waals surface area contributed by atoms with Crippen molar-refractivity contribution in [2.45, 2.75) is 45.4 Å². The number of hydrogen-bond acceptors (Lipinski definition) is 3. The normalized spacial score (nSPS) is 16.5. The lowest BCUT2D eigenvalue weighted by Crippen LogP contribution is -2.40. The maximum atomic E-state index is 13.2. The molecule has 0 radical (unpaired) electrons. The molecule has 1 aromatic heterocycles. The van der Waals surface area contributed by atoms with E-state index in [1.807, 2.05) is 17.0 Å². The maximum Gasteiger partial charge on any atom is 0.224 e. The summed E-state index contributed by atoms with van der Waals surface area (Å²) in [7, 11) is 0. The molecule has 2 amide bonds. The van der Waals surface area contributed by atoms with Crippen LogP contribution >= 0.6 is 0 Å². The molecular formula is C23H28FN3O2. The van der Waals surface area contributed by atoms with E-state index in [-0.39, 0.29) is 17.6 Å². The van der Waals surface area contributed by atoms with E-state index >= 15 is 0 Å². The Bertz CT molecular complexity index is 841. The molecule has 2 heterocycles. The largest absolute Gasteiger partial charge is 0.342 e. The number of pyridine rings is 1. The van der Waals surface area contributed by atoms with Gasteiger partial charge in [0, 0.05) is 44.0 Å². The number of nitrogens with zero attached hydrogens (tertiary/aromatic N) is 2. The summed E-state index contributed by atoms with van der Waals surface area (Å²) in [5.41, 5.74) is 2.43. The number of amides is 2. The minimum absolute atomic E-state index is 0.0697. The molecule has 6 heteroatoms. The van der Waals surface area contributed by atoms with Crippen LogP contribution in [-0.4, -0.2) is 34.8 Å². The van der Waals surface area contributed by atoms with Gasteiger partial charge in [-0.15, -0.1) is 0 Å². The third-order valence-corrected chi connectivity index (χ3v) is 5.46. The zero-order valence-corrected chi connectivity index (χ0v) is 16.9. The Balaban J connectivity index is 1.43. The molecule has 0 saturated carbocycles. The SMILES string of the molecule is Cc1cc(F)ccc1NC(=O)CC[C@H]1CCCN(C(=O)CCc2cccnc2)C1. The van der Waals surface area contributed by atoms with Crippen molar-refractivity contribution in [1.82, 2.24) is 9.88 Å². The quantitative estimate of drug-likeness (QED) is 0.764. The van der Waals surface area contributed by atoms with Gasteiger partial charge < -0.3 is 10.2 Å². The van der Waals surface area contributed by atoms with E-state index in [1.165, 1.54) is 12.1 Å². The second-order valence-corrected chi connectivity index (χ2v) is 7.76. The number of rotatable bonds is 7. The Morgan fingerprint density at radius 3 is 2.90 bits per heavy atom. The highest BCUT2D eigenvalue weighted by atomic mass is 19.1. The highest BCUT2D eigenvalue weighted by molar-refractivity contribution is 5.91. The fourth-order valence-electron chi connectivity index (χ4n) is 3.80. The van der Waals surface area contributed by atoms with Crippen LogP contribution in [0.15, 0.2) is 42.7 Å². The number of halogens is 1. The van der Waals surface area contributed by atoms with Crippen molar-refractivity contribution in [3.05, 3.63) is 59.7 Å². The third kappa shape index (κ3) is 6.38. The lowest BCUT2D eigenvalue weighted by atomic mass is 9.93.